The third-order valence-electron chi connectivity index (χ3n) is 7.53. The zero-order valence-electron chi connectivity index (χ0n) is 20.8. The topological polar surface area (TPSA) is 47.4 Å². The number of fused-ring (bicyclic) bond motifs is 1. The highest BCUT2D eigenvalue weighted by molar-refractivity contribution is 5.81. The summed E-state index contributed by atoms with van der Waals surface area (Å²) in [5.74, 6) is 2.36. The molecule has 0 N–H and O–H groups in total. The maximum absolute atomic E-state index is 12.9. The number of amides is 1. The van der Waals surface area contributed by atoms with Crippen LogP contribution in [-0.4, -0.2) is 39.6 Å². The minimum atomic E-state index is 0.132. The molecule has 180 valence electrons. The van der Waals surface area contributed by atoms with Crippen LogP contribution >= 0.6 is 0 Å². The van der Waals surface area contributed by atoms with Crippen LogP contribution in [0.4, 0.5) is 0 Å². The molecular formula is C29H37N3O2. The van der Waals surface area contributed by atoms with Crippen molar-refractivity contribution in [2.24, 2.45) is 0 Å². The monoisotopic (exact) mass is 459 g/mol. The zero-order valence-corrected chi connectivity index (χ0v) is 20.8. The smallest absolute Gasteiger partial charge is 0.223 e. The lowest BCUT2D eigenvalue weighted by molar-refractivity contribution is -0.130. The number of hydrogen-bond acceptors (Lipinski definition) is 3. The first-order valence-corrected chi connectivity index (χ1v) is 12.9. The van der Waals surface area contributed by atoms with Gasteiger partial charge in [0.1, 0.15) is 18.2 Å². The van der Waals surface area contributed by atoms with Gasteiger partial charge in [0.2, 0.25) is 5.91 Å². The van der Waals surface area contributed by atoms with Crippen LogP contribution in [-0.2, 0) is 16.8 Å². The third-order valence-corrected chi connectivity index (χ3v) is 7.53. The van der Waals surface area contributed by atoms with Gasteiger partial charge in [-0.05, 0) is 48.1 Å². The van der Waals surface area contributed by atoms with E-state index in [1.807, 2.05) is 6.07 Å². The van der Waals surface area contributed by atoms with Crippen molar-refractivity contribution in [2.45, 2.75) is 83.2 Å². The van der Waals surface area contributed by atoms with E-state index < -0.39 is 0 Å². The molecule has 1 saturated heterocycles. The number of hydrogen-bond donors (Lipinski definition) is 0. The summed E-state index contributed by atoms with van der Waals surface area (Å²) in [6.07, 6.45) is 6.65. The van der Waals surface area contributed by atoms with Crippen molar-refractivity contribution in [1.82, 2.24) is 14.5 Å². The standard InChI is InChI=1S/C29H37N3O2/c1-29(2,3)22-13-15-24(16-14-22)34-18-17-31-26-12-8-7-11-25(26)30-28(31)21-19-27(33)32(20-21)23-9-5-4-6-10-23/h7-8,11-16,21,23H,4-6,9-10,17-20H2,1-3H3. The van der Waals surface area contributed by atoms with Gasteiger partial charge in [-0.25, -0.2) is 4.98 Å². The second kappa shape index (κ2) is 9.44. The normalized spacial score (nSPS) is 19.8. The summed E-state index contributed by atoms with van der Waals surface area (Å²) < 4.78 is 8.40. The summed E-state index contributed by atoms with van der Waals surface area (Å²) in [4.78, 5) is 20.1. The quantitative estimate of drug-likeness (QED) is 0.450. The fraction of sp³-hybridized carbons (Fsp3) is 0.517. The molecule has 1 amide bonds. The van der Waals surface area contributed by atoms with Crippen LogP contribution in [0, 0.1) is 0 Å². The van der Waals surface area contributed by atoms with E-state index in [4.69, 9.17) is 9.72 Å². The Kier molecular flexibility index (Phi) is 6.37. The van der Waals surface area contributed by atoms with E-state index in [0.717, 1.165) is 42.0 Å². The van der Waals surface area contributed by atoms with Crippen molar-refractivity contribution in [3.05, 3.63) is 59.9 Å². The highest BCUT2D eigenvalue weighted by atomic mass is 16.5. The van der Waals surface area contributed by atoms with Crippen LogP contribution in [0.25, 0.3) is 11.0 Å². The van der Waals surface area contributed by atoms with Crippen molar-refractivity contribution >= 4 is 16.9 Å². The minimum absolute atomic E-state index is 0.132. The van der Waals surface area contributed by atoms with Crippen molar-refractivity contribution in [3.8, 4) is 5.75 Å². The number of imidazole rings is 1. The molecular weight excluding hydrogens is 422 g/mol. The van der Waals surface area contributed by atoms with Crippen LogP contribution < -0.4 is 4.74 Å². The second-order valence-electron chi connectivity index (χ2n) is 11.0. The van der Waals surface area contributed by atoms with Crippen molar-refractivity contribution < 1.29 is 9.53 Å². The molecule has 0 radical (unpaired) electrons. The van der Waals surface area contributed by atoms with E-state index in [1.165, 1.54) is 24.8 Å². The van der Waals surface area contributed by atoms with Gasteiger partial charge in [-0.15, -0.1) is 0 Å². The Balaban J connectivity index is 1.32. The molecule has 2 aromatic carbocycles. The first kappa shape index (κ1) is 22.9. The fourth-order valence-electron chi connectivity index (χ4n) is 5.60. The van der Waals surface area contributed by atoms with E-state index in [-0.39, 0.29) is 11.3 Å². The van der Waals surface area contributed by atoms with E-state index in [1.54, 1.807) is 0 Å². The minimum Gasteiger partial charge on any atom is -0.492 e. The highest BCUT2D eigenvalue weighted by Gasteiger charge is 2.37. The molecule has 2 fully saturated rings. The van der Waals surface area contributed by atoms with Gasteiger partial charge in [-0.3, -0.25) is 4.79 Å². The number of nitrogens with zero attached hydrogens (tertiary/aromatic N) is 3. The van der Waals surface area contributed by atoms with Gasteiger partial charge >= 0.3 is 0 Å². The van der Waals surface area contributed by atoms with E-state index in [9.17, 15) is 4.79 Å². The fourth-order valence-corrected chi connectivity index (χ4v) is 5.60. The van der Waals surface area contributed by atoms with Crippen LogP contribution in [0.5, 0.6) is 5.75 Å². The second-order valence-corrected chi connectivity index (χ2v) is 11.0. The Hall–Kier alpha value is -2.82. The number of aromatic nitrogens is 2. The number of carbonyl (C=O) groups excluding carboxylic acids is 1. The predicted molar refractivity (Wildman–Crippen MR) is 136 cm³/mol. The van der Waals surface area contributed by atoms with Crippen molar-refractivity contribution in [2.75, 3.05) is 13.2 Å². The van der Waals surface area contributed by atoms with Crippen LogP contribution in [0.15, 0.2) is 48.5 Å². The molecule has 5 heteroatoms. The summed E-state index contributed by atoms with van der Waals surface area (Å²) >= 11 is 0. The molecule has 1 aliphatic carbocycles. The number of benzene rings is 2. The molecule has 1 atom stereocenters. The largest absolute Gasteiger partial charge is 0.492 e. The number of likely N-dealkylation sites (tertiary alicyclic amines) is 1. The van der Waals surface area contributed by atoms with Crippen LogP contribution in [0.3, 0.4) is 0 Å². The summed E-state index contributed by atoms with van der Waals surface area (Å²) in [5, 5.41) is 0. The van der Waals surface area contributed by atoms with E-state index in [2.05, 4.69) is 72.7 Å². The molecule has 0 bridgehead atoms. The number of rotatable bonds is 6. The first-order chi connectivity index (χ1) is 16.4. The lowest BCUT2D eigenvalue weighted by atomic mass is 9.87. The molecule has 5 rings (SSSR count). The maximum atomic E-state index is 12.9. The lowest BCUT2D eigenvalue weighted by Gasteiger charge is -2.31. The molecule has 34 heavy (non-hydrogen) atoms. The number of carbonyl (C=O) groups is 1. The first-order valence-electron chi connectivity index (χ1n) is 12.9. The Labute approximate surface area is 203 Å². The average Bonchev–Trinajstić information content (AvgIpc) is 3.40. The maximum Gasteiger partial charge on any atom is 0.223 e. The number of ether oxygens (including phenoxy) is 1. The van der Waals surface area contributed by atoms with Crippen molar-refractivity contribution in [3.63, 3.8) is 0 Å². The summed E-state index contributed by atoms with van der Waals surface area (Å²) in [6, 6.07) is 17.1. The van der Waals surface area contributed by atoms with E-state index in [0.29, 0.717) is 31.5 Å². The average molecular weight is 460 g/mol. The molecule has 2 aliphatic rings. The van der Waals surface area contributed by atoms with E-state index >= 15 is 0 Å². The Morgan fingerprint density at radius 3 is 2.47 bits per heavy atom. The Morgan fingerprint density at radius 2 is 1.74 bits per heavy atom. The molecule has 1 aliphatic heterocycles. The predicted octanol–water partition coefficient (Wildman–Crippen LogP) is 6.06. The molecule has 1 aromatic heterocycles. The van der Waals surface area contributed by atoms with Crippen LogP contribution in [0.2, 0.25) is 0 Å². The molecule has 5 nitrogen and oxygen atoms in total. The van der Waals surface area contributed by atoms with Gasteiger partial charge in [0.15, 0.2) is 0 Å². The molecule has 1 unspecified atom stereocenters. The molecule has 2 heterocycles. The van der Waals surface area contributed by atoms with Crippen molar-refractivity contribution in [1.29, 1.82) is 0 Å². The third kappa shape index (κ3) is 4.70. The summed E-state index contributed by atoms with van der Waals surface area (Å²) in [6.45, 7) is 8.73. The van der Waals surface area contributed by atoms with Gasteiger partial charge in [-0.2, -0.15) is 0 Å². The molecule has 1 saturated carbocycles. The van der Waals surface area contributed by atoms with Gasteiger partial charge in [0.05, 0.1) is 17.6 Å². The van der Waals surface area contributed by atoms with Crippen LogP contribution in [0.1, 0.15) is 76.6 Å². The van der Waals surface area contributed by atoms with Gasteiger partial charge in [-0.1, -0.05) is 64.3 Å². The Bertz CT molecular complexity index is 1140. The van der Waals surface area contributed by atoms with Gasteiger partial charge < -0.3 is 14.2 Å². The summed E-state index contributed by atoms with van der Waals surface area (Å²) in [7, 11) is 0. The zero-order chi connectivity index (χ0) is 23.7. The summed E-state index contributed by atoms with van der Waals surface area (Å²) in [5.41, 5.74) is 3.55. The van der Waals surface area contributed by atoms with Gasteiger partial charge in [0, 0.05) is 24.9 Å². The van der Waals surface area contributed by atoms with Gasteiger partial charge in [0.25, 0.3) is 0 Å². The molecule has 0 spiro atoms. The SMILES string of the molecule is CC(C)(C)c1ccc(OCCn2c(C3CC(=O)N(C4CCCCC4)C3)nc3ccccc32)cc1. The Morgan fingerprint density at radius 1 is 1.00 bits per heavy atom. The highest BCUT2D eigenvalue weighted by Crippen LogP contribution is 2.34. The molecule has 3 aromatic rings. The number of para-hydroxylation sites is 2. The lowest BCUT2D eigenvalue weighted by Crippen LogP contribution is -2.37.